The van der Waals surface area contributed by atoms with Crippen LogP contribution < -0.4 is 0 Å². The first-order valence-electron chi connectivity index (χ1n) is 4.58. The molecule has 0 aliphatic heterocycles. The second-order valence-electron chi connectivity index (χ2n) is 4.26. The van der Waals surface area contributed by atoms with Crippen molar-refractivity contribution in [2.45, 2.75) is 26.4 Å². The van der Waals surface area contributed by atoms with Crippen LogP contribution in [0.2, 0.25) is 0 Å². The maximum Gasteiger partial charge on any atom is 0.338 e. The zero-order chi connectivity index (χ0) is 12.5. The fourth-order valence-electron chi connectivity index (χ4n) is 1.01. The zero-order valence-electron chi connectivity index (χ0n) is 9.11. The van der Waals surface area contributed by atoms with E-state index < -0.39 is 29.0 Å². The molecule has 2 nitrogen and oxygen atoms in total. The highest BCUT2D eigenvalue weighted by Crippen LogP contribution is 2.17. The molecule has 0 atom stereocenters. The second kappa shape index (κ2) is 4.15. The van der Waals surface area contributed by atoms with Crippen molar-refractivity contribution in [2.75, 3.05) is 0 Å². The van der Waals surface area contributed by atoms with E-state index >= 15 is 0 Å². The molecule has 0 spiro atoms. The molecule has 1 rings (SSSR count). The van der Waals surface area contributed by atoms with E-state index in [1.54, 1.807) is 20.8 Å². The van der Waals surface area contributed by atoms with Gasteiger partial charge in [0.1, 0.15) is 5.60 Å². The predicted octanol–water partition coefficient (Wildman–Crippen LogP) is 3.06. The SMILES string of the molecule is CC(C)(C)OC(=O)c1cc(F)c(F)c(F)c1. The van der Waals surface area contributed by atoms with Gasteiger partial charge in [-0.15, -0.1) is 0 Å². The quantitative estimate of drug-likeness (QED) is 0.549. The van der Waals surface area contributed by atoms with Crippen molar-refractivity contribution in [3.05, 3.63) is 35.1 Å². The molecule has 0 unspecified atom stereocenters. The molecule has 0 aliphatic carbocycles. The Kier molecular flexibility index (Phi) is 3.26. The van der Waals surface area contributed by atoms with E-state index in [0.29, 0.717) is 12.1 Å². The van der Waals surface area contributed by atoms with Gasteiger partial charge in [-0.1, -0.05) is 0 Å². The van der Waals surface area contributed by atoms with Crippen molar-refractivity contribution in [3.63, 3.8) is 0 Å². The van der Waals surface area contributed by atoms with Crippen LogP contribution in [0.5, 0.6) is 0 Å². The predicted molar refractivity (Wildman–Crippen MR) is 51.5 cm³/mol. The first-order chi connectivity index (χ1) is 7.20. The summed E-state index contributed by atoms with van der Waals surface area (Å²) in [5.74, 6) is -5.33. The van der Waals surface area contributed by atoms with Gasteiger partial charge < -0.3 is 4.74 Å². The molecule has 88 valence electrons. The molecule has 0 aliphatic rings. The van der Waals surface area contributed by atoms with Gasteiger partial charge in [-0.3, -0.25) is 0 Å². The minimum atomic E-state index is -1.60. The number of benzene rings is 1. The van der Waals surface area contributed by atoms with Crippen molar-refractivity contribution in [2.24, 2.45) is 0 Å². The number of hydrogen-bond acceptors (Lipinski definition) is 2. The summed E-state index contributed by atoms with van der Waals surface area (Å²) in [6.45, 7) is 4.84. The van der Waals surface area contributed by atoms with Crippen LogP contribution >= 0.6 is 0 Å². The molecule has 1 aromatic carbocycles. The molecule has 0 heterocycles. The lowest BCUT2D eigenvalue weighted by Gasteiger charge is -2.19. The summed E-state index contributed by atoms with van der Waals surface area (Å²) in [4.78, 5) is 11.4. The highest BCUT2D eigenvalue weighted by atomic mass is 19.2. The number of carbonyl (C=O) groups excluding carboxylic acids is 1. The van der Waals surface area contributed by atoms with Gasteiger partial charge >= 0.3 is 5.97 Å². The van der Waals surface area contributed by atoms with Crippen LogP contribution in [0, 0.1) is 17.5 Å². The van der Waals surface area contributed by atoms with Gasteiger partial charge in [-0.2, -0.15) is 0 Å². The molecule has 0 radical (unpaired) electrons. The second-order valence-corrected chi connectivity index (χ2v) is 4.26. The zero-order valence-corrected chi connectivity index (χ0v) is 9.11. The van der Waals surface area contributed by atoms with Crippen LogP contribution in [-0.2, 0) is 4.74 Å². The third kappa shape index (κ3) is 2.98. The number of esters is 1. The summed E-state index contributed by atoms with van der Waals surface area (Å²) in [7, 11) is 0. The first-order valence-corrected chi connectivity index (χ1v) is 4.58. The van der Waals surface area contributed by atoms with Gasteiger partial charge in [0.25, 0.3) is 0 Å². The minimum Gasteiger partial charge on any atom is -0.456 e. The molecule has 0 bridgehead atoms. The fourth-order valence-corrected chi connectivity index (χ4v) is 1.01. The van der Waals surface area contributed by atoms with Crippen LogP contribution in [0.1, 0.15) is 31.1 Å². The lowest BCUT2D eigenvalue weighted by Crippen LogP contribution is -2.24. The number of rotatable bonds is 1. The van der Waals surface area contributed by atoms with Crippen molar-refractivity contribution in [1.82, 2.24) is 0 Å². The topological polar surface area (TPSA) is 26.3 Å². The Hall–Kier alpha value is -1.52. The Morgan fingerprint density at radius 1 is 1.12 bits per heavy atom. The van der Waals surface area contributed by atoms with E-state index in [-0.39, 0.29) is 5.56 Å². The lowest BCUT2D eigenvalue weighted by atomic mass is 10.1. The Morgan fingerprint density at radius 3 is 1.94 bits per heavy atom. The molecule has 0 saturated heterocycles. The highest BCUT2D eigenvalue weighted by molar-refractivity contribution is 5.89. The van der Waals surface area contributed by atoms with E-state index in [2.05, 4.69) is 0 Å². The highest BCUT2D eigenvalue weighted by Gasteiger charge is 2.20. The number of hydrogen-bond donors (Lipinski definition) is 0. The molecule has 0 aromatic heterocycles. The Labute approximate surface area is 91.0 Å². The van der Waals surface area contributed by atoms with E-state index in [4.69, 9.17) is 4.74 Å². The molecule has 1 aromatic rings. The van der Waals surface area contributed by atoms with Gasteiger partial charge in [0.2, 0.25) is 0 Å². The summed E-state index contributed by atoms with van der Waals surface area (Å²) in [5.41, 5.74) is -1.13. The Bertz CT molecular complexity index is 399. The smallest absolute Gasteiger partial charge is 0.338 e. The normalized spacial score (nSPS) is 11.4. The van der Waals surface area contributed by atoms with Crippen LogP contribution in [0.3, 0.4) is 0 Å². The number of ether oxygens (including phenoxy) is 1. The molecular weight excluding hydrogens is 221 g/mol. The minimum absolute atomic E-state index is 0.355. The van der Waals surface area contributed by atoms with Crippen LogP contribution in [0.4, 0.5) is 13.2 Å². The van der Waals surface area contributed by atoms with Crippen molar-refractivity contribution in [1.29, 1.82) is 0 Å². The number of carbonyl (C=O) groups is 1. The van der Waals surface area contributed by atoms with E-state index in [9.17, 15) is 18.0 Å². The lowest BCUT2D eigenvalue weighted by molar-refractivity contribution is 0.00683. The van der Waals surface area contributed by atoms with Crippen LogP contribution in [-0.4, -0.2) is 11.6 Å². The van der Waals surface area contributed by atoms with Crippen molar-refractivity contribution >= 4 is 5.97 Å². The molecule has 0 amide bonds. The summed E-state index contributed by atoms with van der Waals surface area (Å²) in [6.07, 6.45) is 0. The summed E-state index contributed by atoms with van der Waals surface area (Å²) in [5, 5.41) is 0. The van der Waals surface area contributed by atoms with Gasteiger partial charge in [0.05, 0.1) is 5.56 Å². The van der Waals surface area contributed by atoms with Gasteiger partial charge in [-0.05, 0) is 32.9 Å². The Balaban J connectivity index is 3.02. The summed E-state index contributed by atoms with van der Waals surface area (Å²) in [6, 6.07) is 1.21. The Morgan fingerprint density at radius 2 is 1.56 bits per heavy atom. The van der Waals surface area contributed by atoms with Crippen LogP contribution in [0.15, 0.2) is 12.1 Å². The average molecular weight is 232 g/mol. The average Bonchev–Trinajstić information content (AvgIpc) is 2.10. The molecular formula is C11H11F3O2. The number of halogens is 3. The third-order valence-corrected chi connectivity index (χ3v) is 1.62. The molecule has 5 heteroatoms. The summed E-state index contributed by atoms with van der Waals surface area (Å²) >= 11 is 0. The van der Waals surface area contributed by atoms with Crippen LogP contribution in [0.25, 0.3) is 0 Å². The van der Waals surface area contributed by atoms with E-state index in [1.165, 1.54) is 0 Å². The fraction of sp³-hybridized carbons (Fsp3) is 0.364. The maximum atomic E-state index is 12.8. The van der Waals surface area contributed by atoms with Crippen molar-refractivity contribution in [3.8, 4) is 0 Å². The molecule has 0 saturated carbocycles. The van der Waals surface area contributed by atoms with E-state index in [1.807, 2.05) is 0 Å². The summed E-state index contributed by atoms with van der Waals surface area (Å²) < 4.78 is 43.1. The van der Waals surface area contributed by atoms with Gasteiger partial charge in [0.15, 0.2) is 17.5 Å². The van der Waals surface area contributed by atoms with Gasteiger partial charge in [-0.25, -0.2) is 18.0 Å². The third-order valence-electron chi connectivity index (χ3n) is 1.62. The molecule has 16 heavy (non-hydrogen) atoms. The largest absolute Gasteiger partial charge is 0.456 e. The monoisotopic (exact) mass is 232 g/mol. The van der Waals surface area contributed by atoms with Gasteiger partial charge in [0, 0.05) is 0 Å². The van der Waals surface area contributed by atoms with E-state index in [0.717, 1.165) is 0 Å². The molecule has 0 fully saturated rings. The van der Waals surface area contributed by atoms with Crippen molar-refractivity contribution < 1.29 is 22.7 Å². The maximum absolute atomic E-state index is 12.8. The molecule has 0 N–H and O–H groups in total. The standard InChI is InChI=1S/C11H11F3O2/c1-11(2,3)16-10(15)6-4-7(12)9(14)8(13)5-6/h4-5H,1-3H3. The first kappa shape index (κ1) is 12.5.